The maximum absolute atomic E-state index is 12.5. The standard InChI is InChI=1S/C18H17BrN2O2/c1-13(2)21(17-10-16(19)9-8-15(17)11-20)18(22)23-12-14-6-4-3-5-7-14/h3-10,13H,12H2,1-2H3. The van der Waals surface area contributed by atoms with E-state index in [1.54, 1.807) is 18.2 Å². The van der Waals surface area contributed by atoms with Crippen LogP contribution in [0.15, 0.2) is 53.0 Å². The predicted octanol–water partition coefficient (Wildman–Crippen LogP) is 4.87. The van der Waals surface area contributed by atoms with Crippen molar-refractivity contribution in [1.82, 2.24) is 0 Å². The van der Waals surface area contributed by atoms with E-state index in [-0.39, 0.29) is 12.6 Å². The molecule has 4 nitrogen and oxygen atoms in total. The van der Waals surface area contributed by atoms with Crippen LogP contribution >= 0.6 is 15.9 Å². The Bertz CT molecular complexity index is 724. The monoisotopic (exact) mass is 372 g/mol. The first-order valence-corrected chi connectivity index (χ1v) is 8.01. The normalized spacial score (nSPS) is 10.2. The number of benzene rings is 2. The fraction of sp³-hybridized carbons (Fsp3) is 0.222. The first-order valence-electron chi connectivity index (χ1n) is 7.22. The molecule has 23 heavy (non-hydrogen) atoms. The van der Waals surface area contributed by atoms with E-state index in [0.717, 1.165) is 10.0 Å². The second-order valence-electron chi connectivity index (χ2n) is 5.28. The molecule has 0 aliphatic heterocycles. The summed E-state index contributed by atoms with van der Waals surface area (Å²) >= 11 is 3.38. The molecule has 2 aromatic rings. The van der Waals surface area contributed by atoms with Crippen LogP contribution in [0.5, 0.6) is 0 Å². The molecule has 0 heterocycles. The molecule has 1 amide bonds. The SMILES string of the molecule is CC(C)N(C(=O)OCc1ccccc1)c1cc(Br)ccc1C#N. The van der Waals surface area contributed by atoms with Gasteiger partial charge < -0.3 is 4.74 Å². The van der Waals surface area contributed by atoms with Crippen molar-refractivity contribution >= 4 is 27.7 Å². The zero-order valence-corrected chi connectivity index (χ0v) is 14.6. The number of halogens is 1. The van der Waals surface area contributed by atoms with Crippen molar-refractivity contribution < 1.29 is 9.53 Å². The van der Waals surface area contributed by atoms with Crippen LogP contribution in [0.3, 0.4) is 0 Å². The van der Waals surface area contributed by atoms with Gasteiger partial charge in [0.25, 0.3) is 0 Å². The first-order chi connectivity index (χ1) is 11.0. The predicted molar refractivity (Wildman–Crippen MR) is 93.1 cm³/mol. The van der Waals surface area contributed by atoms with Gasteiger partial charge in [-0.3, -0.25) is 4.90 Å². The topological polar surface area (TPSA) is 53.3 Å². The number of rotatable bonds is 4. The zero-order valence-electron chi connectivity index (χ0n) is 13.0. The lowest BCUT2D eigenvalue weighted by molar-refractivity contribution is 0.145. The van der Waals surface area contributed by atoms with Crippen LogP contribution in [0, 0.1) is 11.3 Å². The number of carbonyl (C=O) groups is 1. The van der Waals surface area contributed by atoms with Crippen LogP contribution in [0.25, 0.3) is 0 Å². The molecule has 0 saturated carbocycles. The largest absolute Gasteiger partial charge is 0.444 e. The molecule has 0 N–H and O–H groups in total. The summed E-state index contributed by atoms with van der Waals surface area (Å²) in [6.07, 6.45) is -0.474. The van der Waals surface area contributed by atoms with Crippen molar-refractivity contribution in [1.29, 1.82) is 5.26 Å². The molecule has 0 aromatic heterocycles. The Morgan fingerprint density at radius 2 is 1.96 bits per heavy atom. The summed E-state index contributed by atoms with van der Waals surface area (Å²) in [7, 11) is 0. The molecular formula is C18H17BrN2O2. The molecular weight excluding hydrogens is 356 g/mol. The fourth-order valence-electron chi connectivity index (χ4n) is 2.17. The highest BCUT2D eigenvalue weighted by Gasteiger charge is 2.23. The van der Waals surface area contributed by atoms with E-state index in [4.69, 9.17) is 4.74 Å². The maximum atomic E-state index is 12.5. The second kappa shape index (κ2) is 7.80. The number of anilines is 1. The summed E-state index contributed by atoms with van der Waals surface area (Å²) in [5.41, 5.74) is 1.88. The highest BCUT2D eigenvalue weighted by Crippen LogP contribution is 2.27. The van der Waals surface area contributed by atoms with Crippen LogP contribution in [-0.2, 0) is 11.3 Å². The van der Waals surface area contributed by atoms with Crippen molar-refractivity contribution in [2.45, 2.75) is 26.5 Å². The van der Waals surface area contributed by atoms with E-state index in [1.165, 1.54) is 4.90 Å². The summed E-state index contributed by atoms with van der Waals surface area (Å²) in [4.78, 5) is 14.0. The Balaban J connectivity index is 2.23. The maximum Gasteiger partial charge on any atom is 0.414 e. The Morgan fingerprint density at radius 3 is 2.57 bits per heavy atom. The molecule has 2 rings (SSSR count). The third-order valence-corrected chi connectivity index (χ3v) is 3.75. The van der Waals surface area contributed by atoms with Crippen molar-refractivity contribution in [2.75, 3.05) is 4.90 Å². The lowest BCUT2D eigenvalue weighted by Crippen LogP contribution is -2.38. The number of carbonyl (C=O) groups excluding carboxylic acids is 1. The van der Waals surface area contributed by atoms with Gasteiger partial charge in [-0.1, -0.05) is 46.3 Å². The van der Waals surface area contributed by atoms with Crippen LogP contribution in [-0.4, -0.2) is 12.1 Å². The van der Waals surface area contributed by atoms with Gasteiger partial charge in [0.15, 0.2) is 0 Å². The summed E-state index contributed by atoms with van der Waals surface area (Å²) in [6.45, 7) is 3.95. The van der Waals surface area contributed by atoms with E-state index in [1.807, 2.05) is 44.2 Å². The Hall–Kier alpha value is -2.32. The lowest BCUT2D eigenvalue weighted by atomic mass is 10.1. The molecule has 0 radical (unpaired) electrons. The average molecular weight is 373 g/mol. The number of hydrogen-bond acceptors (Lipinski definition) is 3. The number of hydrogen-bond donors (Lipinski definition) is 0. The molecule has 0 saturated heterocycles. The summed E-state index contributed by atoms with van der Waals surface area (Å²) in [5, 5.41) is 9.29. The minimum absolute atomic E-state index is 0.139. The molecule has 0 unspecified atom stereocenters. The number of nitrogens with zero attached hydrogens (tertiary/aromatic N) is 2. The van der Waals surface area contributed by atoms with Crippen LogP contribution < -0.4 is 4.90 Å². The minimum Gasteiger partial charge on any atom is -0.444 e. The van der Waals surface area contributed by atoms with Crippen LogP contribution in [0.1, 0.15) is 25.0 Å². The lowest BCUT2D eigenvalue weighted by Gasteiger charge is -2.27. The highest BCUT2D eigenvalue weighted by molar-refractivity contribution is 9.10. The van der Waals surface area contributed by atoms with Crippen LogP contribution in [0.2, 0.25) is 0 Å². The van der Waals surface area contributed by atoms with E-state index in [9.17, 15) is 10.1 Å². The van der Waals surface area contributed by atoms with Crippen molar-refractivity contribution in [3.8, 4) is 6.07 Å². The van der Waals surface area contributed by atoms with E-state index in [2.05, 4.69) is 22.0 Å². The third kappa shape index (κ3) is 4.33. The van der Waals surface area contributed by atoms with Gasteiger partial charge in [0.1, 0.15) is 12.7 Å². The molecule has 0 atom stereocenters. The smallest absolute Gasteiger partial charge is 0.414 e. The van der Waals surface area contributed by atoms with E-state index >= 15 is 0 Å². The molecule has 0 fully saturated rings. The highest BCUT2D eigenvalue weighted by atomic mass is 79.9. The molecule has 0 bridgehead atoms. The minimum atomic E-state index is -0.474. The first kappa shape index (κ1) is 17.0. The molecule has 118 valence electrons. The van der Waals surface area contributed by atoms with Gasteiger partial charge in [-0.05, 0) is 37.6 Å². The average Bonchev–Trinajstić information content (AvgIpc) is 2.54. The van der Waals surface area contributed by atoms with Crippen molar-refractivity contribution in [2.24, 2.45) is 0 Å². The Labute approximate surface area is 144 Å². The number of nitriles is 1. The second-order valence-corrected chi connectivity index (χ2v) is 6.19. The van der Waals surface area contributed by atoms with Gasteiger partial charge in [-0.2, -0.15) is 5.26 Å². The van der Waals surface area contributed by atoms with Gasteiger partial charge in [0.2, 0.25) is 0 Å². The molecule has 2 aromatic carbocycles. The number of amides is 1. The zero-order chi connectivity index (χ0) is 16.8. The van der Waals surface area contributed by atoms with Gasteiger partial charge >= 0.3 is 6.09 Å². The van der Waals surface area contributed by atoms with Crippen molar-refractivity contribution in [3.05, 3.63) is 64.1 Å². The Kier molecular flexibility index (Phi) is 5.78. The van der Waals surface area contributed by atoms with Gasteiger partial charge in [-0.15, -0.1) is 0 Å². The molecule has 0 spiro atoms. The van der Waals surface area contributed by atoms with Crippen molar-refractivity contribution in [3.63, 3.8) is 0 Å². The quantitative estimate of drug-likeness (QED) is 0.768. The molecule has 0 aliphatic carbocycles. The van der Waals surface area contributed by atoms with Crippen LogP contribution in [0.4, 0.5) is 10.5 Å². The molecule has 0 aliphatic rings. The Morgan fingerprint density at radius 1 is 1.26 bits per heavy atom. The van der Waals surface area contributed by atoms with Gasteiger partial charge in [-0.25, -0.2) is 4.79 Å². The van der Waals surface area contributed by atoms with E-state index in [0.29, 0.717) is 11.3 Å². The van der Waals surface area contributed by atoms with E-state index < -0.39 is 6.09 Å². The summed E-state index contributed by atoms with van der Waals surface area (Å²) in [5.74, 6) is 0. The summed E-state index contributed by atoms with van der Waals surface area (Å²) < 4.78 is 6.21. The number of ether oxygens (including phenoxy) is 1. The van der Waals surface area contributed by atoms with Gasteiger partial charge in [0.05, 0.1) is 11.3 Å². The molecule has 5 heteroatoms. The fourth-order valence-corrected chi connectivity index (χ4v) is 2.52. The summed E-state index contributed by atoms with van der Waals surface area (Å²) in [6, 6.07) is 16.7. The van der Waals surface area contributed by atoms with Gasteiger partial charge in [0, 0.05) is 10.5 Å². The third-order valence-electron chi connectivity index (χ3n) is 3.26.